The predicted octanol–water partition coefficient (Wildman–Crippen LogP) is 3.93. The molecular formula is C19H16F3N3O3. The van der Waals surface area contributed by atoms with Gasteiger partial charge in [0.2, 0.25) is 0 Å². The van der Waals surface area contributed by atoms with Crippen molar-refractivity contribution in [2.75, 3.05) is 12.4 Å². The molecule has 146 valence electrons. The Hall–Kier alpha value is -3.49. The van der Waals surface area contributed by atoms with E-state index in [0.717, 1.165) is 5.56 Å². The van der Waals surface area contributed by atoms with Crippen LogP contribution in [0, 0.1) is 5.82 Å². The number of nitrogens with zero attached hydrogens (tertiary/aromatic N) is 2. The monoisotopic (exact) mass is 391 g/mol. The van der Waals surface area contributed by atoms with Gasteiger partial charge in [0.15, 0.2) is 17.3 Å². The van der Waals surface area contributed by atoms with E-state index in [1.165, 1.54) is 37.4 Å². The highest BCUT2D eigenvalue weighted by Gasteiger charge is 2.15. The van der Waals surface area contributed by atoms with E-state index in [9.17, 15) is 18.0 Å². The lowest BCUT2D eigenvalue weighted by Gasteiger charge is -2.11. The zero-order valence-corrected chi connectivity index (χ0v) is 14.7. The van der Waals surface area contributed by atoms with E-state index >= 15 is 0 Å². The van der Waals surface area contributed by atoms with Crippen molar-refractivity contribution in [2.24, 2.45) is 0 Å². The molecule has 0 aliphatic carbocycles. The summed E-state index contributed by atoms with van der Waals surface area (Å²) in [5.41, 5.74) is 0.901. The normalized spacial score (nSPS) is 10.8. The maximum absolute atomic E-state index is 13.2. The van der Waals surface area contributed by atoms with Crippen LogP contribution in [0.15, 0.2) is 54.7 Å². The Morgan fingerprint density at radius 2 is 2.00 bits per heavy atom. The van der Waals surface area contributed by atoms with Crippen molar-refractivity contribution >= 4 is 11.7 Å². The number of alkyl halides is 2. The SMILES string of the molecule is COc1cc(C(=O)Nc2ccn(Cc3cccc(F)c3)n2)ccc1OC(F)F. The van der Waals surface area contributed by atoms with E-state index < -0.39 is 12.5 Å². The minimum absolute atomic E-state index is 0.00424. The molecule has 0 aliphatic rings. The molecule has 0 atom stereocenters. The molecule has 3 aromatic rings. The number of ether oxygens (including phenoxy) is 2. The van der Waals surface area contributed by atoms with Gasteiger partial charge in [-0.2, -0.15) is 13.9 Å². The second-order valence-corrected chi connectivity index (χ2v) is 5.73. The van der Waals surface area contributed by atoms with Crippen molar-refractivity contribution in [1.29, 1.82) is 0 Å². The third-order valence-electron chi connectivity index (χ3n) is 3.76. The van der Waals surface area contributed by atoms with Crippen LogP contribution in [0.3, 0.4) is 0 Å². The molecule has 0 bridgehead atoms. The predicted molar refractivity (Wildman–Crippen MR) is 95.3 cm³/mol. The van der Waals surface area contributed by atoms with E-state index in [0.29, 0.717) is 6.54 Å². The molecule has 1 amide bonds. The van der Waals surface area contributed by atoms with Crippen molar-refractivity contribution < 1.29 is 27.4 Å². The first kappa shape index (κ1) is 19.3. The Morgan fingerprint density at radius 1 is 1.18 bits per heavy atom. The molecule has 1 aromatic heterocycles. The Balaban J connectivity index is 1.69. The number of hydrogen-bond donors (Lipinski definition) is 1. The van der Waals surface area contributed by atoms with Crippen LogP contribution in [-0.2, 0) is 6.54 Å². The third-order valence-corrected chi connectivity index (χ3v) is 3.76. The highest BCUT2D eigenvalue weighted by molar-refractivity contribution is 6.04. The first-order valence-corrected chi connectivity index (χ1v) is 8.16. The number of amides is 1. The second-order valence-electron chi connectivity index (χ2n) is 5.73. The van der Waals surface area contributed by atoms with Crippen molar-refractivity contribution in [3.05, 3.63) is 71.7 Å². The minimum Gasteiger partial charge on any atom is -0.493 e. The summed E-state index contributed by atoms with van der Waals surface area (Å²) in [7, 11) is 1.28. The quantitative estimate of drug-likeness (QED) is 0.663. The molecule has 28 heavy (non-hydrogen) atoms. The number of aromatic nitrogens is 2. The lowest BCUT2D eigenvalue weighted by Crippen LogP contribution is -2.13. The van der Waals surface area contributed by atoms with Crippen molar-refractivity contribution in [3.63, 3.8) is 0 Å². The lowest BCUT2D eigenvalue weighted by molar-refractivity contribution is -0.0512. The number of nitrogens with one attached hydrogen (secondary N) is 1. The average molecular weight is 391 g/mol. The van der Waals surface area contributed by atoms with E-state index in [1.54, 1.807) is 29.1 Å². The van der Waals surface area contributed by atoms with Gasteiger partial charge in [-0.1, -0.05) is 12.1 Å². The average Bonchev–Trinajstić information content (AvgIpc) is 3.08. The van der Waals surface area contributed by atoms with Crippen molar-refractivity contribution in [3.8, 4) is 11.5 Å². The van der Waals surface area contributed by atoms with E-state index in [1.807, 2.05) is 0 Å². The molecule has 0 radical (unpaired) electrons. The van der Waals surface area contributed by atoms with E-state index in [2.05, 4.69) is 15.2 Å². The number of halogens is 3. The second kappa shape index (κ2) is 8.47. The first-order chi connectivity index (χ1) is 13.4. The van der Waals surface area contributed by atoms with Gasteiger partial charge in [-0.15, -0.1) is 0 Å². The van der Waals surface area contributed by atoms with Gasteiger partial charge in [-0.05, 0) is 35.9 Å². The number of rotatable bonds is 7. The van der Waals surface area contributed by atoms with Crippen LogP contribution >= 0.6 is 0 Å². The molecule has 0 fully saturated rings. The number of anilines is 1. The van der Waals surface area contributed by atoms with Crippen LogP contribution < -0.4 is 14.8 Å². The van der Waals surface area contributed by atoms with Crippen LogP contribution in [0.2, 0.25) is 0 Å². The van der Waals surface area contributed by atoms with E-state index in [4.69, 9.17) is 4.74 Å². The minimum atomic E-state index is -3.00. The summed E-state index contributed by atoms with van der Waals surface area (Å²) in [5, 5.41) is 6.81. The number of methoxy groups -OCH3 is 1. The zero-order chi connectivity index (χ0) is 20.1. The maximum Gasteiger partial charge on any atom is 0.387 e. The summed E-state index contributed by atoms with van der Waals surface area (Å²) in [6.45, 7) is -2.67. The molecule has 0 saturated carbocycles. The van der Waals surface area contributed by atoms with Crippen LogP contribution in [0.1, 0.15) is 15.9 Å². The molecule has 2 aromatic carbocycles. The molecule has 1 heterocycles. The summed E-state index contributed by atoms with van der Waals surface area (Å²) < 4.78 is 48.8. The Morgan fingerprint density at radius 3 is 2.71 bits per heavy atom. The van der Waals surface area contributed by atoms with Gasteiger partial charge in [-0.25, -0.2) is 4.39 Å². The van der Waals surface area contributed by atoms with Gasteiger partial charge < -0.3 is 14.8 Å². The molecule has 0 unspecified atom stereocenters. The summed E-state index contributed by atoms with van der Waals surface area (Å²) >= 11 is 0. The van der Waals surface area contributed by atoms with Crippen LogP contribution in [0.5, 0.6) is 11.5 Å². The largest absolute Gasteiger partial charge is 0.493 e. The fraction of sp³-hybridized carbons (Fsp3) is 0.158. The van der Waals surface area contributed by atoms with Gasteiger partial charge in [0.1, 0.15) is 5.82 Å². The lowest BCUT2D eigenvalue weighted by atomic mass is 10.2. The highest BCUT2D eigenvalue weighted by Crippen LogP contribution is 2.29. The van der Waals surface area contributed by atoms with Gasteiger partial charge in [0.05, 0.1) is 13.7 Å². The third kappa shape index (κ3) is 4.81. The fourth-order valence-electron chi connectivity index (χ4n) is 2.53. The standard InChI is InChI=1S/C19H16F3N3O3/c1-27-16-10-13(5-6-15(16)28-19(21)22)18(26)23-17-7-8-25(24-17)11-12-3-2-4-14(20)9-12/h2-10,19H,11H2,1H3,(H,23,24,26). The molecule has 0 saturated heterocycles. The summed E-state index contributed by atoms with van der Waals surface area (Å²) in [6.07, 6.45) is 1.64. The number of hydrogen-bond acceptors (Lipinski definition) is 4. The molecule has 3 rings (SSSR count). The molecule has 0 aliphatic heterocycles. The van der Waals surface area contributed by atoms with Crippen LogP contribution in [0.4, 0.5) is 19.0 Å². The summed E-state index contributed by atoms with van der Waals surface area (Å²) in [6, 6.07) is 11.5. The Labute approximate surface area is 158 Å². The molecule has 6 nitrogen and oxygen atoms in total. The van der Waals surface area contributed by atoms with Crippen molar-refractivity contribution in [1.82, 2.24) is 9.78 Å². The van der Waals surface area contributed by atoms with Gasteiger partial charge in [-0.3, -0.25) is 9.48 Å². The highest BCUT2D eigenvalue weighted by atomic mass is 19.3. The Kier molecular flexibility index (Phi) is 5.83. The van der Waals surface area contributed by atoms with E-state index in [-0.39, 0.29) is 28.7 Å². The molecular weight excluding hydrogens is 375 g/mol. The maximum atomic E-state index is 13.2. The fourth-order valence-corrected chi connectivity index (χ4v) is 2.53. The Bertz CT molecular complexity index is 976. The first-order valence-electron chi connectivity index (χ1n) is 8.16. The number of carbonyl (C=O) groups is 1. The molecule has 1 N–H and O–H groups in total. The van der Waals surface area contributed by atoms with Crippen molar-refractivity contribution in [2.45, 2.75) is 13.2 Å². The molecule has 0 spiro atoms. The van der Waals surface area contributed by atoms with Gasteiger partial charge in [0.25, 0.3) is 5.91 Å². The molecule has 9 heteroatoms. The summed E-state index contributed by atoms with van der Waals surface area (Å²) in [5.74, 6) is -0.726. The number of benzene rings is 2. The number of carbonyl (C=O) groups excluding carboxylic acids is 1. The van der Waals surface area contributed by atoms with Crippen LogP contribution in [-0.4, -0.2) is 29.4 Å². The van der Waals surface area contributed by atoms with Gasteiger partial charge >= 0.3 is 6.61 Å². The summed E-state index contributed by atoms with van der Waals surface area (Å²) in [4.78, 5) is 12.4. The topological polar surface area (TPSA) is 65.4 Å². The van der Waals surface area contributed by atoms with Crippen LogP contribution in [0.25, 0.3) is 0 Å². The smallest absolute Gasteiger partial charge is 0.387 e. The van der Waals surface area contributed by atoms with Gasteiger partial charge in [0, 0.05) is 17.8 Å². The zero-order valence-electron chi connectivity index (χ0n) is 14.7.